The number of nitrogens with zero attached hydrogens (tertiary/aromatic N) is 2. The van der Waals surface area contributed by atoms with Gasteiger partial charge in [0.2, 0.25) is 0 Å². The molecule has 0 aromatic carbocycles. The van der Waals surface area contributed by atoms with E-state index in [0.29, 0.717) is 25.3 Å². The molecule has 0 saturated carbocycles. The van der Waals surface area contributed by atoms with E-state index in [2.05, 4.69) is 11.2 Å². The number of carbonyl (C=O) groups excluding carboxylic acids is 1. The van der Waals surface area contributed by atoms with Gasteiger partial charge in [0.05, 0.1) is 24.5 Å². The van der Waals surface area contributed by atoms with Crippen molar-refractivity contribution < 1.29 is 9.53 Å². The fourth-order valence-corrected chi connectivity index (χ4v) is 1.63. The Morgan fingerprint density at radius 3 is 3.27 bits per heavy atom. The van der Waals surface area contributed by atoms with Crippen LogP contribution in [-0.4, -0.2) is 41.6 Å². The Kier molecular flexibility index (Phi) is 2.97. The third kappa shape index (κ3) is 2.33. The van der Waals surface area contributed by atoms with E-state index in [-0.39, 0.29) is 12.0 Å². The summed E-state index contributed by atoms with van der Waals surface area (Å²) >= 11 is 0. The lowest BCUT2D eigenvalue weighted by Crippen LogP contribution is -2.44. The number of rotatable bonds is 1. The molecule has 1 saturated heterocycles. The van der Waals surface area contributed by atoms with Gasteiger partial charge >= 0.3 is 0 Å². The lowest BCUT2D eigenvalue weighted by atomic mass is 10.2. The first-order valence-corrected chi connectivity index (χ1v) is 5.00. The highest BCUT2D eigenvalue weighted by Gasteiger charge is 2.22. The molecule has 1 unspecified atom stereocenters. The maximum Gasteiger partial charge on any atom is 0.255 e. The fraction of sp³-hybridized carbons (Fsp3) is 0.455. The summed E-state index contributed by atoms with van der Waals surface area (Å²) in [5.41, 5.74) is 0.614. The minimum Gasteiger partial charge on any atom is -0.375 e. The molecule has 1 aromatic heterocycles. The Labute approximate surface area is 88.9 Å². The number of aromatic nitrogens is 1. The molecule has 0 aliphatic carbocycles. The van der Waals surface area contributed by atoms with Gasteiger partial charge in [-0.3, -0.25) is 9.78 Å². The molecule has 2 heterocycles. The maximum atomic E-state index is 12.0. The van der Waals surface area contributed by atoms with Crippen molar-refractivity contribution in [1.82, 2.24) is 9.88 Å². The second-order valence-electron chi connectivity index (χ2n) is 3.61. The molecule has 0 bridgehead atoms. The number of hydrogen-bond acceptors (Lipinski definition) is 3. The third-order valence-electron chi connectivity index (χ3n) is 2.39. The van der Waals surface area contributed by atoms with Crippen molar-refractivity contribution in [2.45, 2.75) is 13.0 Å². The van der Waals surface area contributed by atoms with Crippen LogP contribution in [0.15, 0.2) is 18.3 Å². The first-order valence-electron chi connectivity index (χ1n) is 5.00. The quantitative estimate of drug-likeness (QED) is 0.679. The molecule has 1 radical (unpaired) electrons. The van der Waals surface area contributed by atoms with E-state index in [9.17, 15) is 4.79 Å². The molecule has 4 nitrogen and oxygen atoms in total. The largest absolute Gasteiger partial charge is 0.375 e. The SMILES string of the molecule is CC1CN(C(=O)c2cc[c]nc2)CCO1. The van der Waals surface area contributed by atoms with E-state index in [1.165, 1.54) is 0 Å². The zero-order valence-electron chi connectivity index (χ0n) is 8.64. The topological polar surface area (TPSA) is 42.4 Å². The van der Waals surface area contributed by atoms with Crippen LogP contribution in [-0.2, 0) is 4.74 Å². The summed E-state index contributed by atoms with van der Waals surface area (Å²) in [5.74, 6) is 0.0200. The second kappa shape index (κ2) is 4.40. The lowest BCUT2D eigenvalue weighted by Gasteiger charge is -2.31. The van der Waals surface area contributed by atoms with Gasteiger partial charge < -0.3 is 9.64 Å². The van der Waals surface area contributed by atoms with E-state index in [1.807, 2.05) is 6.92 Å². The van der Waals surface area contributed by atoms with Gasteiger partial charge in [-0.25, -0.2) is 0 Å². The number of hydrogen-bond donors (Lipinski definition) is 0. The number of ether oxygens (including phenoxy) is 1. The standard InChI is InChI=1S/C11H13N2O2/c1-9-8-13(5-6-15-9)11(14)10-3-2-4-12-7-10/h2-3,7,9H,5-6,8H2,1H3. The minimum absolute atomic E-state index is 0.0200. The molecule has 1 amide bonds. The summed E-state index contributed by atoms with van der Waals surface area (Å²) in [6.45, 7) is 3.88. The van der Waals surface area contributed by atoms with Gasteiger partial charge in [0.25, 0.3) is 5.91 Å². The lowest BCUT2D eigenvalue weighted by molar-refractivity contribution is -0.0124. The second-order valence-corrected chi connectivity index (χ2v) is 3.61. The van der Waals surface area contributed by atoms with Gasteiger partial charge in [0, 0.05) is 19.3 Å². The molecule has 0 N–H and O–H groups in total. The van der Waals surface area contributed by atoms with Crippen molar-refractivity contribution in [2.75, 3.05) is 19.7 Å². The van der Waals surface area contributed by atoms with Crippen LogP contribution in [0.2, 0.25) is 0 Å². The molecule has 1 atom stereocenters. The molecule has 1 fully saturated rings. The predicted octanol–water partition coefficient (Wildman–Crippen LogP) is 0.743. The highest BCUT2D eigenvalue weighted by Crippen LogP contribution is 2.09. The third-order valence-corrected chi connectivity index (χ3v) is 2.39. The van der Waals surface area contributed by atoms with Crippen LogP contribution in [0.3, 0.4) is 0 Å². The molecule has 79 valence electrons. The minimum atomic E-state index is 0.0200. The van der Waals surface area contributed by atoms with Crippen molar-refractivity contribution in [3.63, 3.8) is 0 Å². The zero-order valence-corrected chi connectivity index (χ0v) is 8.64. The van der Waals surface area contributed by atoms with Gasteiger partial charge in [-0.05, 0) is 19.1 Å². The zero-order chi connectivity index (χ0) is 10.7. The van der Waals surface area contributed by atoms with Gasteiger partial charge in [-0.15, -0.1) is 0 Å². The summed E-state index contributed by atoms with van der Waals surface area (Å²) in [5, 5.41) is 0. The van der Waals surface area contributed by atoms with Crippen molar-refractivity contribution in [1.29, 1.82) is 0 Å². The highest BCUT2D eigenvalue weighted by molar-refractivity contribution is 5.93. The Bertz CT molecular complexity index is 340. The summed E-state index contributed by atoms with van der Waals surface area (Å²) in [6.07, 6.45) is 4.31. The molecule has 1 aliphatic rings. The van der Waals surface area contributed by atoms with Gasteiger partial charge in [0.15, 0.2) is 0 Å². The molecular formula is C11H13N2O2. The van der Waals surface area contributed by atoms with Gasteiger partial charge in [-0.1, -0.05) is 0 Å². The van der Waals surface area contributed by atoms with Gasteiger partial charge in [0.1, 0.15) is 0 Å². The summed E-state index contributed by atoms with van der Waals surface area (Å²) in [4.78, 5) is 17.6. The van der Waals surface area contributed by atoms with Crippen LogP contribution in [0.4, 0.5) is 0 Å². The smallest absolute Gasteiger partial charge is 0.255 e. The average molecular weight is 205 g/mol. The number of amides is 1. The van der Waals surface area contributed by atoms with E-state index < -0.39 is 0 Å². The first-order chi connectivity index (χ1) is 7.27. The Morgan fingerprint density at radius 1 is 1.73 bits per heavy atom. The molecule has 15 heavy (non-hydrogen) atoms. The van der Waals surface area contributed by atoms with Crippen LogP contribution in [0.5, 0.6) is 0 Å². The van der Waals surface area contributed by atoms with Crippen LogP contribution in [0.25, 0.3) is 0 Å². The van der Waals surface area contributed by atoms with E-state index in [1.54, 1.807) is 23.2 Å². The predicted molar refractivity (Wildman–Crippen MR) is 54.4 cm³/mol. The van der Waals surface area contributed by atoms with Crippen molar-refractivity contribution in [3.05, 3.63) is 30.1 Å². The van der Waals surface area contributed by atoms with Crippen LogP contribution in [0.1, 0.15) is 17.3 Å². The molecule has 1 aromatic rings. The number of morpholine rings is 1. The molecule has 1 aliphatic heterocycles. The van der Waals surface area contributed by atoms with Crippen molar-refractivity contribution in [3.8, 4) is 0 Å². The fourth-order valence-electron chi connectivity index (χ4n) is 1.63. The first kappa shape index (κ1) is 10.1. The summed E-state index contributed by atoms with van der Waals surface area (Å²) in [6, 6.07) is 3.38. The molecule has 0 spiro atoms. The van der Waals surface area contributed by atoms with Crippen LogP contribution in [0, 0.1) is 6.20 Å². The summed E-state index contributed by atoms with van der Waals surface area (Å²) < 4.78 is 5.38. The maximum absolute atomic E-state index is 12.0. The molecule has 4 heteroatoms. The molecular weight excluding hydrogens is 192 g/mol. The van der Waals surface area contributed by atoms with E-state index >= 15 is 0 Å². The number of carbonyl (C=O) groups is 1. The van der Waals surface area contributed by atoms with Crippen molar-refractivity contribution >= 4 is 5.91 Å². The Hall–Kier alpha value is -1.42. The van der Waals surface area contributed by atoms with Crippen LogP contribution < -0.4 is 0 Å². The van der Waals surface area contributed by atoms with E-state index in [0.717, 1.165) is 0 Å². The van der Waals surface area contributed by atoms with Crippen LogP contribution >= 0.6 is 0 Å². The normalized spacial score (nSPS) is 21.4. The Morgan fingerprint density at radius 2 is 2.60 bits per heavy atom. The summed E-state index contributed by atoms with van der Waals surface area (Å²) in [7, 11) is 0. The monoisotopic (exact) mass is 205 g/mol. The Balaban J connectivity index is 2.08. The number of pyridine rings is 1. The van der Waals surface area contributed by atoms with Gasteiger partial charge in [-0.2, -0.15) is 0 Å². The average Bonchev–Trinajstić information content (AvgIpc) is 2.29. The van der Waals surface area contributed by atoms with Crippen molar-refractivity contribution in [2.24, 2.45) is 0 Å². The highest BCUT2D eigenvalue weighted by atomic mass is 16.5. The molecule has 2 rings (SSSR count). The van der Waals surface area contributed by atoms with E-state index in [4.69, 9.17) is 4.74 Å².